The summed E-state index contributed by atoms with van der Waals surface area (Å²) in [7, 11) is 0. The minimum absolute atomic E-state index is 0.748. The SMILES string of the molecule is CCn1cc(CC2CCCC(Br)C2)cn1. The largest absolute Gasteiger partial charge is 0.273 e. The summed E-state index contributed by atoms with van der Waals surface area (Å²) in [5.41, 5.74) is 1.41. The van der Waals surface area contributed by atoms with Crippen molar-refractivity contribution in [2.45, 2.75) is 50.4 Å². The van der Waals surface area contributed by atoms with E-state index in [0.29, 0.717) is 0 Å². The Hall–Kier alpha value is -0.310. The van der Waals surface area contributed by atoms with E-state index in [9.17, 15) is 0 Å². The van der Waals surface area contributed by atoms with E-state index in [-0.39, 0.29) is 0 Å². The fraction of sp³-hybridized carbons (Fsp3) is 0.750. The van der Waals surface area contributed by atoms with Crippen LogP contribution in [0.4, 0.5) is 0 Å². The van der Waals surface area contributed by atoms with Crippen molar-refractivity contribution in [1.82, 2.24) is 9.78 Å². The van der Waals surface area contributed by atoms with Crippen molar-refractivity contribution in [2.75, 3.05) is 0 Å². The summed E-state index contributed by atoms with van der Waals surface area (Å²) in [6.45, 7) is 3.11. The molecule has 0 aliphatic heterocycles. The molecular weight excluding hydrogens is 252 g/mol. The van der Waals surface area contributed by atoms with Gasteiger partial charge in [0.1, 0.15) is 0 Å². The van der Waals surface area contributed by atoms with Gasteiger partial charge in [-0.2, -0.15) is 5.10 Å². The van der Waals surface area contributed by atoms with Gasteiger partial charge in [-0.3, -0.25) is 4.68 Å². The molecule has 1 aromatic rings. The fourth-order valence-corrected chi connectivity index (χ4v) is 3.28. The molecule has 15 heavy (non-hydrogen) atoms. The van der Waals surface area contributed by atoms with Crippen molar-refractivity contribution in [1.29, 1.82) is 0 Å². The second-order valence-electron chi connectivity index (χ2n) is 4.54. The van der Waals surface area contributed by atoms with E-state index < -0.39 is 0 Å². The van der Waals surface area contributed by atoms with Crippen LogP contribution < -0.4 is 0 Å². The molecule has 1 aromatic heterocycles. The van der Waals surface area contributed by atoms with Gasteiger partial charge in [0.25, 0.3) is 0 Å². The predicted octanol–water partition coefficient (Wildman–Crippen LogP) is 3.40. The molecular formula is C12H19BrN2. The van der Waals surface area contributed by atoms with Gasteiger partial charge < -0.3 is 0 Å². The number of halogens is 1. The summed E-state index contributed by atoms with van der Waals surface area (Å²) < 4.78 is 2.02. The second-order valence-corrected chi connectivity index (χ2v) is 5.83. The lowest BCUT2D eigenvalue weighted by atomic mass is 9.85. The summed E-state index contributed by atoms with van der Waals surface area (Å²) >= 11 is 3.74. The molecule has 84 valence electrons. The molecule has 1 aliphatic rings. The van der Waals surface area contributed by atoms with E-state index in [4.69, 9.17) is 0 Å². The third-order valence-corrected chi connectivity index (χ3v) is 4.09. The highest BCUT2D eigenvalue weighted by Crippen LogP contribution is 2.31. The highest BCUT2D eigenvalue weighted by Gasteiger charge is 2.20. The van der Waals surface area contributed by atoms with Gasteiger partial charge in [0.15, 0.2) is 0 Å². The van der Waals surface area contributed by atoms with Crippen LogP contribution >= 0.6 is 15.9 Å². The van der Waals surface area contributed by atoms with Gasteiger partial charge >= 0.3 is 0 Å². The number of hydrogen-bond acceptors (Lipinski definition) is 1. The molecule has 0 saturated heterocycles. The normalized spacial score (nSPS) is 26.8. The van der Waals surface area contributed by atoms with Crippen LogP contribution in [0.1, 0.15) is 38.2 Å². The second kappa shape index (κ2) is 5.15. The van der Waals surface area contributed by atoms with Crippen LogP contribution in [-0.4, -0.2) is 14.6 Å². The minimum atomic E-state index is 0.748. The molecule has 0 radical (unpaired) electrons. The summed E-state index contributed by atoms with van der Waals surface area (Å²) in [5, 5.41) is 4.32. The standard InChI is InChI=1S/C12H19BrN2/c1-2-15-9-11(8-14-15)6-10-4-3-5-12(13)7-10/h8-10,12H,2-7H2,1H3. The van der Waals surface area contributed by atoms with Crippen LogP contribution in [0.2, 0.25) is 0 Å². The number of nitrogens with zero attached hydrogens (tertiary/aromatic N) is 2. The zero-order valence-corrected chi connectivity index (χ0v) is 10.9. The van der Waals surface area contributed by atoms with E-state index in [0.717, 1.165) is 17.3 Å². The average Bonchev–Trinajstić information content (AvgIpc) is 2.65. The molecule has 2 nitrogen and oxygen atoms in total. The first-order valence-electron chi connectivity index (χ1n) is 5.93. The van der Waals surface area contributed by atoms with E-state index in [1.165, 1.54) is 37.7 Å². The number of aryl methyl sites for hydroxylation is 1. The third kappa shape index (κ3) is 3.07. The maximum atomic E-state index is 4.32. The van der Waals surface area contributed by atoms with Crippen molar-refractivity contribution >= 4 is 15.9 Å². The van der Waals surface area contributed by atoms with E-state index >= 15 is 0 Å². The molecule has 0 amide bonds. The molecule has 1 aliphatic carbocycles. The zero-order valence-electron chi connectivity index (χ0n) is 9.32. The molecule has 2 atom stereocenters. The first-order chi connectivity index (χ1) is 7.28. The quantitative estimate of drug-likeness (QED) is 0.770. The number of aromatic nitrogens is 2. The number of alkyl halides is 1. The summed E-state index contributed by atoms with van der Waals surface area (Å²) in [4.78, 5) is 0.748. The topological polar surface area (TPSA) is 17.8 Å². The van der Waals surface area contributed by atoms with Crippen LogP contribution in [0.3, 0.4) is 0 Å². The smallest absolute Gasteiger partial charge is 0.0521 e. The van der Waals surface area contributed by atoms with E-state index in [1.807, 2.05) is 10.9 Å². The predicted molar refractivity (Wildman–Crippen MR) is 66.3 cm³/mol. The molecule has 0 aromatic carbocycles. The van der Waals surface area contributed by atoms with Gasteiger partial charge in [-0.25, -0.2) is 0 Å². The van der Waals surface area contributed by atoms with Crippen LogP contribution in [0.5, 0.6) is 0 Å². The summed E-state index contributed by atoms with van der Waals surface area (Å²) in [5.74, 6) is 0.859. The average molecular weight is 271 g/mol. The van der Waals surface area contributed by atoms with Crippen LogP contribution in [0.15, 0.2) is 12.4 Å². The Morgan fingerprint density at radius 2 is 2.40 bits per heavy atom. The monoisotopic (exact) mass is 270 g/mol. The first kappa shape index (κ1) is 11.2. The maximum Gasteiger partial charge on any atom is 0.0521 e. The molecule has 2 rings (SSSR count). The van der Waals surface area contributed by atoms with Crippen molar-refractivity contribution in [2.24, 2.45) is 5.92 Å². The lowest BCUT2D eigenvalue weighted by Crippen LogP contribution is -2.16. The lowest BCUT2D eigenvalue weighted by molar-refractivity contribution is 0.368. The van der Waals surface area contributed by atoms with Gasteiger partial charge in [0, 0.05) is 17.6 Å². The number of hydrogen-bond donors (Lipinski definition) is 0. The minimum Gasteiger partial charge on any atom is -0.273 e. The maximum absolute atomic E-state index is 4.32. The molecule has 1 heterocycles. The van der Waals surface area contributed by atoms with E-state index in [1.54, 1.807) is 0 Å². The van der Waals surface area contributed by atoms with Crippen LogP contribution in [0, 0.1) is 5.92 Å². The number of rotatable bonds is 3. The third-order valence-electron chi connectivity index (χ3n) is 3.25. The van der Waals surface area contributed by atoms with Crippen molar-refractivity contribution < 1.29 is 0 Å². The Morgan fingerprint density at radius 3 is 3.07 bits per heavy atom. The summed E-state index contributed by atoms with van der Waals surface area (Å²) in [6, 6.07) is 0. The van der Waals surface area contributed by atoms with Crippen molar-refractivity contribution in [3.8, 4) is 0 Å². The molecule has 1 saturated carbocycles. The first-order valence-corrected chi connectivity index (χ1v) is 6.85. The van der Waals surface area contributed by atoms with Gasteiger partial charge in [0.2, 0.25) is 0 Å². The van der Waals surface area contributed by atoms with Crippen LogP contribution in [0.25, 0.3) is 0 Å². The zero-order chi connectivity index (χ0) is 10.7. The Labute approximate surface area is 100 Å². The van der Waals surface area contributed by atoms with Gasteiger partial charge in [0.05, 0.1) is 6.20 Å². The summed E-state index contributed by atoms with van der Waals surface area (Å²) in [6.07, 6.45) is 10.9. The molecule has 0 N–H and O–H groups in total. The highest BCUT2D eigenvalue weighted by atomic mass is 79.9. The van der Waals surface area contributed by atoms with Gasteiger partial charge in [-0.1, -0.05) is 28.8 Å². The van der Waals surface area contributed by atoms with Gasteiger partial charge in [-0.15, -0.1) is 0 Å². The Bertz CT molecular complexity index is 308. The molecule has 3 heteroatoms. The highest BCUT2D eigenvalue weighted by molar-refractivity contribution is 9.09. The fourth-order valence-electron chi connectivity index (χ4n) is 2.43. The van der Waals surface area contributed by atoms with Crippen molar-refractivity contribution in [3.05, 3.63) is 18.0 Å². The van der Waals surface area contributed by atoms with Crippen LogP contribution in [-0.2, 0) is 13.0 Å². The molecule has 1 fully saturated rings. The Kier molecular flexibility index (Phi) is 3.84. The molecule has 0 spiro atoms. The molecule has 2 unspecified atom stereocenters. The molecule has 0 bridgehead atoms. The van der Waals surface area contributed by atoms with E-state index in [2.05, 4.69) is 34.1 Å². The Balaban J connectivity index is 1.90. The Morgan fingerprint density at radius 1 is 1.53 bits per heavy atom. The lowest BCUT2D eigenvalue weighted by Gasteiger charge is -2.25. The van der Waals surface area contributed by atoms with Gasteiger partial charge in [-0.05, 0) is 37.7 Å². The van der Waals surface area contributed by atoms with Crippen molar-refractivity contribution in [3.63, 3.8) is 0 Å².